The zero-order valence-corrected chi connectivity index (χ0v) is 28.0. The Balaban J connectivity index is 1.24. The third-order valence-corrected chi connectivity index (χ3v) is 8.86. The molecule has 252 valence electrons. The van der Waals surface area contributed by atoms with Gasteiger partial charge >= 0.3 is 6.03 Å². The number of carbonyl (C=O) groups is 1. The molecule has 2 amide bonds. The molecule has 3 atom stereocenters. The van der Waals surface area contributed by atoms with Gasteiger partial charge < -0.3 is 25.2 Å². The second kappa shape index (κ2) is 17.0. The lowest BCUT2D eigenvalue weighted by Crippen LogP contribution is -2.39. The van der Waals surface area contributed by atoms with Crippen molar-refractivity contribution >= 4 is 6.03 Å². The van der Waals surface area contributed by atoms with Gasteiger partial charge in [-0.2, -0.15) is 0 Å². The van der Waals surface area contributed by atoms with E-state index in [4.69, 9.17) is 9.47 Å². The van der Waals surface area contributed by atoms with Crippen molar-refractivity contribution in [2.45, 2.75) is 58.1 Å². The highest BCUT2D eigenvalue weighted by molar-refractivity contribution is 5.74. The van der Waals surface area contributed by atoms with E-state index in [1.165, 1.54) is 11.1 Å². The molecule has 3 unspecified atom stereocenters. The fourth-order valence-corrected chi connectivity index (χ4v) is 6.36. The average molecular weight is 656 g/mol. The molecule has 3 N–H and O–H groups in total. The fraction of sp³-hybridized carbons (Fsp3) is 0.262. The van der Waals surface area contributed by atoms with E-state index in [-0.39, 0.29) is 24.8 Å². The first-order chi connectivity index (χ1) is 24.1. The number of ether oxygens (including phenoxy) is 2. The van der Waals surface area contributed by atoms with Gasteiger partial charge in [-0.15, -0.1) is 0 Å². The molecule has 0 aliphatic carbocycles. The van der Waals surface area contributed by atoms with E-state index in [0.717, 1.165) is 53.0 Å². The van der Waals surface area contributed by atoms with Crippen molar-refractivity contribution in [3.8, 4) is 11.1 Å². The van der Waals surface area contributed by atoms with Crippen molar-refractivity contribution in [2.24, 2.45) is 0 Å². The van der Waals surface area contributed by atoms with Crippen LogP contribution >= 0.6 is 0 Å². The van der Waals surface area contributed by atoms with Gasteiger partial charge in [-0.05, 0) is 45.9 Å². The van der Waals surface area contributed by atoms with Gasteiger partial charge in [0, 0.05) is 44.7 Å². The largest absolute Gasteiger partial charge is 0.392 e. The lowest BCUT2D eigenvalue weighted by Gasteiger charge is -2.38. The molecule has 5 aromatic carbocycles. The third kappa shape index (κ3) is 9.43. The summed E-state index contributed by atoms with van der Waals surface area (Å²) >= 11 is 0. The first kappa shape index (κ1) is 34.1. The number of hydrogen-bond donors (Lipinski definition) is 3. The molecule has 0 saturated carbocycles. The predicted molar refractivity (Wildman–Crippen MR) is 193 cm³/mol. The number of nitrogens with one attached hydrogen (secondary N) is 2. The van der Waals surface area contributed by atoms with Crippen LogP contribution in [0.2, 0.25) is 0 Å². The highest BCUT2D eigenvalue weighted by atomic mass is 16.7. The summed E-state index contributed by atoms with van der Waals surface area (Å²) in [6.07, 6.45) is -0.110. The molecular weight excluding hydrogens is 610 g/mol. The number of hydrogen-bond acceptors (Lipinski definition) is 5. The molecule has 1 aliphatic rings. The summed E-state index contributed by atoms with van der Waals surface area (Å²) in [6, 6.07) is 45.5. The number of aliphatic hydroxyl groups is 1. The molecule has 1 heterocycles. The van der Waals surface area contributed by atoms with Crippen LogP contribution in [0.15, 0.2) is 133 Å². The molecule has 7 heteroatoms. The summed E-state index contributed by atoms with van der Waals surface area (Å²) < 4.78 is 13.5. The van der Waals surface area contributed by atoms with E-state index >= 15 is 0 Å². The van der Waals surface area contributed by atoms with Crippen LogP contribution in [0.5, 0.6) is 0 Å². The summed E-state index contributed by atoms with van der Waals surface area (Å²) in [4.78, 5) is 14.5. The predicted octanol–water partition coefficient (Wildman–Crippen LogP) is 7.91. The van der Waals surface area contributed by atoms with E-state index in [2.05, 4.69) is 119 Å². The Morgan fingerprint density at radius 1 is 0.714 bits per heavy atom. The average Bonchev–Trinajstić information content (AvgIpc) is 3.15. The zero-order valence-electron chi connectivity index (χ0n) is 28.0. The highest BCUT2D eigenvalue weighted by Crippen LogP contribution is 2.39. The number of carbonyl (C=O) groups excluding carboxylic acids is 1. The molecule has 6 rings (SSSR count). The van der Waals surface area contributed by atoms with E-state index in [1.54, 1.807) is 0 Å². The van der Waals surface area contributed by atoms with Gasteiger partial charge in [-0.25, -0.2) is 4.79 Å². The number of rotatable bonds is 13. The van der Waals surface area contributed by atoms with Crippen LogP contribution in [0.3, 0.4) is 0 Å². The summed E-state index contributed by atoms with van der Waals surface area (Å²) in [5.74, 6) is 0. The maximum absolute atomic E-state index is 12.1. The van der Waals surface area contributed by atoms with E-state index < -0.39 is 6.29 Å². The Bertz CT molecular complexity index is 1710. The lowest BCUT2D eigenvalue weighted by molar-refractivity contribution is -0.253. The number of benzene rings is 5. The number of urea groups is 1. The first-order valence-electron chi connectivity index (χ1n) is 17.1. The van der Waals surface area contributed by atoms with E-state index in [0.29, 0.717) is 19.5 Å². The molecule has 0 radical (unpaired) electrons. The van der Waals surface area contributed by atoms with Crippen LogP contribution in [0.25, 0.3) is 11.1 Å². The Kier molecular flexibility index (Phi) is 11.9. The molecule has 5 aromatic rings. The molecule has 7 nitrogen and oxygen atoms in total. The molecule has 0 aromatic heterocycles. The first-order valence-corrected chi connectivity index (χ1v) is 17.1. The Morgan fingerprint density at radius 2 is 1.33 bits per heavy atom. The van der Waals surface area contributed by atoms with Crippen molar-refractivity contribution < 1.29 is 19.4 Å². The molecular formula is C42H45N3O4. The smallest absolute Gasteiger partial charge is 0.315 e. The molecule has 1 fully saturated rings. The van der Waals surface area contributed by atoms with Gasteiger partial charge in [0.25, 0.3) is 0 Å². The van der Waals surface area contributed by atoms with E-state index in [9.17, 15) is 9.90 Å². The van der Waals surface area contributed by atoms with Crippen molar-refractivity contribution in [1.82, 2.24) is 15.5 Å². The molecule has 0 spiro atoms. The van der Waals surface area contributed by atoms with Gasteiger partial charge in [0.15, 0.2) is 6.29 Å². The standard InChI is InChI=1S/C42H45N3O4/c1-2-43-42(47)44-26-37-15-9-10-16-39(37)34-21-23-36(24-22-34)41-48-38(25-40(49-41)35-19-17-33(30-46)18-20-35)29-45(27-31-11-5-3-6-12-31)28-32-13-7-4-8-14-32/h3-24,38,40-41,46H,2,25-30H2,1H3,(H2,43,44,47). The lowest BCUT2D eigenvalue weighted by atomic mass is 9.97. The van der Waals surface area contributed by atoms with Crippen LogP contribution in [0.4, 0.5) is 4.79 Å². The molecule has 49 heavy (non-hydrogen) atoms. The van der Waals surface area contributed by atoms with Crippen molar-refractivity contribution in [3.05, 3.63) is 167 Å². The summed E-state index contributed by atoms with van der Waals surface area (Å²) in [5.41, 5.74) is 8.56. The van der Waals surface area contributed by atoms with Crippen LogP contribution < -0.4 is 10.6 Å². The van der Waals surface area contributed by atoms with E-state index in [1.807, 2.05) is 37.3 Å². The van der Waals surface area contributed by atoms with Crippen LogP contribution in [-0.4, -0.2) is 35.2 Å². The van der Waals surface area contributed by atoms with Crippen LogP contribution in [0, 0.1) is 0 Å². The topological polar surface area (TPSA) is 83.1 Å². The quantitative estimate of drug-likeness (QED) is 0.120. The summed E-state index contributed by atoms with van der Waals surface area (Å²) in [6.45, 7) is 5.26. The summed E-state index contributed by atoms with van der Waals surface area (Å²) in [5, 5.41) is 15.4. The normalized spacial score (nSPS) is 17.5. The Morgan fingerprint density at radius 3 is 1.96 bits per heavy atom. The monoisotopic (exact) mass is 655 g/mol. The van der Waals surface area contributed by atoms with Crippen molar-refractivity contribution in [3.63, 3.8) is 0 Å². The minimum atomic E-state index is -0.555. The zero-order chi connectivity index (χ0) is 33.8. The van der Waals surface area contributed by atoms with Crippen molar-refractivity contribution in [1.29, 1.82) is 0 Å². The van der Waals surface area contributed by atoms with Gasteiger partial charge in [0.1, 0.15) is 0 Å². The minimum absolute atomic E-state index is 0.00553. The Labute approximate surface area is 289 Å². The minimum Gasteiger partial charge on any atom is -0.392 e. The third-order valence-electron chi connectivity index (χ3n) is 8.86. The maximum Gasteiger partial charge on any atom is 0.315 e. The van der Waals surface area contributed by atoms with Gasteiger partial charge in [-0.3, -0.25) is 4.90 Å². The number of nitrogens with zero attached hydrogens (tertiary/aromatic N) is 1. The molecule has 1 aliphatic heterocycles. The fourth-order valence-electron chi connectivity index (χ4n) is 6.36. The van der Waals surface area contributed by atoms with Gasteiger partial charge in [0.05, 0.1) is 18.8 Å². The maximum atomic E-state index is 12.1. The molecule has 1 saturated heterocycles. The van der Waals surface area contributed by atoms with Gasteiger partial charge in [-0.1, -0.05) is 133 Å². The molecule has 0 bridgehead atoms. The Hall–Kier alpha value is -4.79. The second-order valence-corrected chi connectivity index (χ2v) is 12.5. The second-order valence-electron chi connectivity index (χ2n) is 12.5. The van der Waals surface area contributed by atoms with Crippen LogP contribution in [0.1, 0.15) is 59.1 Å². The number of amides is 2. The SMILES string of the molecule is CCNC(=O)NCc1ccccc1-c1ccc(C2OC(CN(Cc3ccccc3)Cc3ccccc3)CC(c3ccc(CO)cc3)O2)cc1. The van der Waals surface area contributed by atoms with Gasteiger partial charge in [0.2, 0.25) is 0 Å². The van der Waals surface area contributed by atoms with Crippen LogP contribution in [-0.2, 0) is 35.7 Å². The number of aliphatic hydroxyl groups excluding tert-OH is 1. The summed E-state index contributed by atoms with van der Waals surface area (Å²) in [7, 11) is 0. The highest BCUT2D eigenvalue weighted by Gasteiger charge is 2.33. The van der Waals surface area contributed by atoms with Crippen molar-refractivity contribution in [2.75, 3.05) is 13.1 Å².